The van der Waals surface area contributed by atoms with Crippen molar-refractivity contribution in [3.05, 3.63) is 0 Å². The maximum Gasteiger partial charge on any atom is 0.200 e. The molecule has 0 rings (SSSR count). The number of hydrogen-bond donors (Lipinski definition) is 1. The molecule has 3 heteroatoms. The molecule has 0 saturated carbocycles. The molecule has 0 bridgehead atoms. The zero-order chi connectivity index (χ0) is 15.8. The largest absolute Gasteiger partial charge is 0.413 e. The average molecular weight is 303 g/mol. The van der Waals surface area contributed by atoms with Crippen molar-refractivity contribution in [2.24, 2.45) is 0 Å². The molecule has 1 atom stereocenters. The van der Waals surface area contributed by atoms with E-state index >= 15 is 0 Å². The molecule has 0 heterocycles. The zero-order valence-electron chi connectivity index (χ0n) is 14.9. The summed E-state index contributed by atoms with van der Waals surface area (Å²) in [7, 11) is -1.80. The van der Waals surface area contributed by atoms with Crippen molar-refractivity contribution >= 4 is 8.32 Å². The summed E-state index contributed by atoms with van der Waals surface area (Å²) in [6, 6.07) is 0. The van der Waals surface area contributed by atoms with Crippen LogP contribution in [0.15, 0.2) is 0 Å². The zero-order valence-corrected chi connectivity index (χ0v) is 15.9. The first-order valence-electron chi connectivity index (χ1n) is 8.60. The Balaban J connectivity index is 4.40. The normalized spacial score (nSPS) is 14.6. The van der Waals surface area contributed by atoms with Crippen LogP contribution in [0.3, 0.4) is 0 Å². The van der Waals surface area contributed by atoms with Crippen LogP contribution in [0.4, 0.5) is 0 Å². The summed E-state index contributed by atoms with van der Waals surface area (Å²) in [5.74, 6) is 0. The molecule has 0 aliphatic rings. The van der Waals surface area contributed by atoms with Crippen molar-refractivity contribution in [1.29, 1.82) is 0 Å². The fourth-order valence-corrected chi connectivity index (χ4v) is 9.11. The molecule has 0 unspecified atom stereocenters. The molecule has 0 aliphatic heterocycles. The van der Waals surface area contributed by atoms with E-state index in [4.69, 9.17) is 4.43 Å². The van der Waals surface area contributed by atoms with Crippen LogP contribution in [0.2, 0.25) is 16.6 Å². The molecule has 0 aromatic rings. The highest BCUT2D eigenvalue weighted by Crippen LogP contribution is 2.42. The lowest BCUT2D eigenvalue weighted by atomic mass is 10.1. The van der Waals surface area contributed by atoms with Gasteiger partial charge in [-0.25, -0.2) is 0 Å². The Morgan fingerprint density at radius 2 is 1.35 bits per heavy atom. The van der Waals surface area contributed by atoms with Gasteiger partial charge in [0.25, 0.3) is 0 Å². The van der Waals surface area contributed by atoms with Crippen LogP contribution in [0.5, 0.6) is 0 Å². The fourth-order valence-electron chi connectivity index (χ4n) is 3.63. The molecule has 0 spiro atoms. The summed E-state index contributed by atoms with van der Waals surface area (Å²) in [5.41, 5.74) is 1.78. The highest BCUT2D eigenvalue weighted by molar-refractivity contribution is 6.77. The first kappa shape index (κ1) is 20.1. The van der Waals surface area contributed by atoms with Crippen LogP contribution in [-0.2, 0) is 4.43 Å². The van der Waals surface area contributed by atoms with Crippen molar-refractivity contribution in [3.63, 3.8) is 0 Å². The predicted octanol–water partition coefficient (Wildman–Crippen LogP) is 5.51. The minimum absolute atomic E-state index is 0.282. The van der Waals surface area contributed by atoms with Gasteiger partial charge in [0.15, 0.2) is 8.32 Å². The molecule has 1 N–H and O–H groups in total. The van der Waals surface area contributed by atoms with Gasteiger partial charge in [-0.3, -0.25) is 0 Å². The summed E-state index contributed by atoms with van der Waals surface area (Å²) >= 11 is 0. The van der Waals surface area contributed by atoms with Crippen LogP contribution in [0, 0.1) is 0 Å². The third-order valence-corrected chi connectivity index (χ3v) is 10.7. The topological polar surface area (TPSA) is 29.5 Å². The van der Waals surface area contributed by atoms with Crippen molar-refractivity contribution in [2.45, 2.75) is 103 Å². The number of rotatable bonds is 11. The first-order valence-corrected chi connectivity index (χ1v) is 10.7. The molecular formula is C17H38O2Si. The Bertz CT molecular complexity index is 217. The molecule has 0 saturated heterocycles. The van der Waals surface area contributed by atoms with Gasteiger partial charge in [0.2, 0.25) is 0 Å². The lowest BCUT2D eigenvalue weighted by Gasteiger charge is -2.42. The first-order chi connectivity index (χ1) is 9.28. The van der Waals surface area contributed by atoms with Crippen molar-refractivity contribution in [1.82, 2.24) is 0 Å². The van der Waals surface area contributed by atoms with E-state index in [1.54, 1.807) is 0 Å². The minimum atomic E-state index is -1.80. The van der Waals surface area contributed by atoms with Crippen LogP contribution in [-0.4, -0.2) is 26.1 Å². The van der Waals surface area contributed by atoms with E-state index in [-0.39, 0.29) is 6.10 Å². The van der Waals surface area contributed by atoms with E-state index in [0.29, 0.717) is 23.2 Å². The number of unbranched alkanes of at least 4 members (excludes halogenated alkanes) is 3. The van der Waals surface area contributed by atoms with E-state index in [9.17, 15) is 5.11 Å². The summed E-state index contributed by atoms with van der Waals surface area (Å²) in [5, 5.41) is 10.2. The Kier molecular flexibility index (Phi) is 10.0. The monoisotopic (exact) mass is 302 g/mol. The van der Waals surface area contributed by atoms with Crippen LogP contribution >= 0.6 is 0 Å². The standard InChI is InChI=1S/C17H38O2Si/c1-8-9-10-11-12-17(18)13-19-20(14(2)3,15(4)5)16(6)7/h14-18H,8-13H2,1-7H3/t17-/m0/s1. The molecule has 0 fully saturated rings. The lowest BCUT2D eigenvalue weighted by Crippen LogP contribution is -2.49. The van der Waals surface area contributed by atoms with Crippen LogP contribution in [0.1, 0.15) is 80.6 Å². The SMILES string of the molecule is CCCCCC[C@H](O)CO[Si](C(C)C)(C(C)C)C(C)C. The Labute approximate surface area is 128 Å². The molecule has 0 amide bonds. The maximum atomic E-state index is 10.2. The van der Waals surface area contributed by atoms with Crippen LogP contribution in [0.25, 0.3) is 0 Å². The minimum Gasteiger partial charge on any atom is -0.413 e. The molecule has 20 heavy (non-hydrogen) atoms. The summed E-state index contributed by atoms with van der Waals surface area (Å²) in [4.78, 5) is 0. The van der Waals surface area contributed by atoms with Crippen molar-refractivity contribution in [3.8, 4) is 0 Å². The van der Waals surface area contributed by atoms with E-state index in [0.717, 1.165) is 12.8 Å². The van der Waals surface area contributed by atoms with Crippen molar-refractivity contribution in [2.75, 3.05) is 6.61 Å². The lowest BCUT2D eigenvalue weighted by molar-refractivity contribution is 0.0883. The fraction of sp³-hybridized carbons (Fsp3) is 1.00. The smallest absolute Gasteiger partial charge is 0.200 e. The molecule has 0 radical (unpaired) electrons. The second-order valence-corrected chi connectivity index (χ2v) is 12.6. The summed E-state index contributed by atoms with van der Waals surface area (Å²) in [6.07, 6.45) is 5.48. The van der Waals surface area contributed by atoms with Gasteiger partial charge in [0, 0.05) is 0 Å². The van der Waals surface area contributed by atoms with E-state index in [1.807, 2.05) is 0 Å². The van der Waals surface area contributed by atoms with Gasteiger partial charge in [0.1, 0.15) is 0 Å². The Hall–Kier alpha value is 0.137. The third-order valence-electron chi connectivity index (χ3n) is 4.62. The Morgan fingerprint density at radius 1 is 0.850 bits per heavy atom. The van der Waals surface area contributed by atoms with Gasteiger partial charge in [-0.1, -0.05) is 74.1 Å². The van der Waals surface area contributed by atoms with E-state index in [1.165, 1.54) is 19.3 Å². The van der Waals surface area contributed by atoms with Gasteiger partial charge in [0.05, 0.1) is 12.7 Å². The molecule has 122 valence electrons. The van der Waals surface area contributed by atoms with E-state index in [2.05, 4.69) is 48.5 Å². The summed E-state index contributed by atoms with van der Waals surface area (Å²) in [6.45, 7) is 16.5. The van der Waals surface area contributed by atoms with Crippen molar-refractivity contribution < 1.29 is 9.53 Å². The molecule has 2 nitrogen and oxygen atoms in total. The van der Waals surface area contributed by atoms with Gasteiger partial charge >= 0.3 is 0 Å². The maximum absolute atomic E-state index is 10.2. The molecular weight excluding hydrogens is 264 g/mol. The highest BCUT2D eigenvalue weighted by atomic mass is 28.4. The highest BCUT2D eigenvalue weighted by Gasteiger charge is 2.45. The van der Waals surface area contributed by atoms with Crippen LogP contribution < -0.4 is 0 Å². The Morgan fingerprint density at radius 3 is 1.75 bits per heavy atom. The van der Waals surface area contributed by atoms with Gasteiger partial charge < -0.3 is 9.53 Å². The predicted molar refractivity (Wildman–Crippen MR) is 91.8 cm³/mol. The number of hydrogen-bond acceptors (Lipinski definition) is 2. The van der Waals surface area contributed by atoms with Gasteiger partial charge in [-0.05, 0) is 23.0 Å². The average Bonchev–Trinajstić information content (AvgIpc) is 2.34. The quantitative estimate of drug-likeness (QED) is 0.403. The second-order valence-electron chi connectivity index (χ2n) is 7.13. The summed E-state index contributed by atoms with van der Waals surface area (Å²) < 4.78 is 6.42. The van der Waals surface area contributed by atoms with Gasteiger partial charge in [-0.2, -0.15) is 0 Å². The second kappa shape index (κ2) is 9.96. The molecule has 0 aromatic carbocycles. The third kappa shape index (κ3) is 5.86. The van der Waals surface area contributed by atoms with E-state index < -0.39 is 8.32 Å². The molecule has 0 aliphatic carbocycles. The molecule has 0 aromatic heterocycles. The van der Waals surface area contributed by atoms with Gasteiger partial charge in [-0.15, -0.1) is 0 Å². The number of aliphatic hydroxyl groups excluding tert-OH is 1. The number of aliphatic hydroxyl groups is 1.